The Balaban J connectivity index is 1.46. The van der Waals surface area contributed by atoms with Gasteiger partial charge in [0.25, 0.3) is 0 Å². The third-order valence-corrected chi connectivity index (χ3v) is 6.86. The van der Waals surface area contributed by atoms with Crippen LogP contribution in [-0.2, 0) is 11.2 Å². The lowest BCUT2D eigenvalue weighted by molar-refractivity contribution is -0.0541. The molecule has 3 aliphatic heterocycles. The number of carbonyl (C=O) groups excluding carboxylic acids is 1. The first kappa shape index (κ1) is 20.5. The van der Waals surface area contributed by atoms with E-state index in [1.165, 1.54) is 29.7 Å². The number of aliphatic hydroxyl groups is 2. The van der Waals surface area contributed by atoms with Crippen LogP contribution in [0.3, 0.4) is 0 Å². The van der Waals surface area contributed by atoms with Crippen molar-refractivity contribution in [1.29, 1.82) is 0 Å². The molecule has 6 nitrogen and oxygen atoms in total. The number of amides is 2. The molecule has 0 saturated carbocycles. The number of fused-ring (bicyclic) bond motifs is 1. The molecule has 3 aliphatic rings. The number of carbonyl (C=O) groups is 1. The largest absolute Gasteiger partial charge is 0.394 e. The van der Waals surface area contributed by atoms with Gasteiger partial charge < -0.3 is 20.3 Å². The van der Waals surface area contributed by atoms with Crippen molar-refractivity contribution >= 4 is 22.7 Å². The fourth-order valence-corrected chi connectivity index (χ4v) is 5.07. The Kier molecular flexibility index (Phi) is 6.29. The van der Waals surface area contributed by atoms with Gasteiger partial charge in [0, 0.05) is 23.1 Å². The molecule has 156 valence electrons. The molecule has 3 heterocycles. The normalized spacial score (nSPS) is 28.8. The average molecular weight is 417 g/mol. The van der Waals surface area contributed by atoms with Crippen LogP contribution in [0.5, 0.6) is 0 Å². The molecule has 4 atom stereocenters. The molecule has 0 spiro atoms. The summed E-state index contributed by atoms with van der Waals surface area (Å²) in [5, 5.41) is 22.1. The van der Waals surface area contributed by atoms with Crippen LogP contribution < -0.4 is 5.32 Å². The Bertz CT molecular complexity index is 808. The van der Waals surface area contributed by atoms with E-state index in [-0.39, 0.29) is 24.4 Å². The van der Waals surface area contributed by atoms with E-state index in [4.69, 9.17) is 4.74 Å². The minimum Gasteiger partial charge on any atom is -0.394 e. The van der Waals surface area contributed by atoms with Gasteiger partial charge in [0.2, 0.25) is 0 Å². The van der Waals surface area contributed by atoms with Crippen LogP contribution >= 0.6 is 11.8 Å². The summed E-state index contributed by atoms with van der Waals surface area (Å²) >= 11 is 1.63. The van der Waals surface area contributed by atoms with Gasteiger partial charge >= 0.3 is 6.03 Å². The van der Waals surface area contributed by atoms with E-state index < -0.39 is 18.4 Å². The zero-order chi connectivity index (χ0) is 20.4. The second kappa shape index (κ2) is 8.92. The zero-order valence-electron chi connectivity index (χ0n) is 16.6. The van der Waals surface area contributed by atoms with Gasteiger partial charge in [-0.3, -0.25) is 4.90 Å². The van der Waals surface area contributed by atoms with Crippen molar-refractivity contribution in [3.63, 3.8) is 0 Å². The first-order chi connectivity index (χ1) is 14.1. The highest BCUT2D eigenvalue weighted by Crippen LogP contribution is 2.43. The van der Waals surface area contributed by atoms with Crippen LogP contribution in [0.4, 0.5) is 4.79 Å². The van der Waals surface area contributed by atoms with Gasteiger partial charge in [-0.1, -0.05) is 55.8 Å². The number of nitrogens with one attached hydrogen (secondary N) is 1. The molecule has 1 aromatic rings. The minimum absolute atomic E-state index is 0.113. The van der Waals surface area contributed by atoms with Crippen molar-refractivity contribution in [1.82, 2.24) is 10.2 Å². The number of hydrogen-bond acceptors (Lipinski definition) is 5. The smallest absolute Gasteiger partial charge is 0.324 e. The number of rotatable bonds is 7. The molecule has 1 fully saturated rings. The summed E-state index contributed by atoms with van der Waals surface area (Å²) in [5.41, 5.74) is 3.51. The highest BCUT2D eigenvalue weighted by atomic mass is 32.2. The first-order valence-electron chi connectivity index (χ1n) is 10.3. The van der Waals surface area contributed by atoms with Crippen molar-refractivity contribution < 1.29 is 19.7 Å². The maximum atomic E-state index is 12.5. The lowest BCUT2D eigenvalue weighted by Gasteiger charge is -2.32. The Morgan fingerprint density at radius 3 is 2.76 bits per heavy atom. The van der Waals surface area contributed by atoms with Gasteiger partial charge in [-0.15, -0.1) is 0 Å². The summed E-state index contributed by atoms with van der Waals surface area (Å²) in [7, 11) is 0. The van der Waals surface area contributed by atoms with E-state index in [1.807, 2.05) is 0 Å². The Hall–Kier alpha value is -1.80. The fourth-order valence-electron chi connectivity index (χ4n) is 3.91. The molecule has 1 unspecified atom stereocenters. The predicted molar refractivity (Wildman–Crippen MR) is 114 cm³/mol. The summed E-state index contributed by atoms with van der Waals surface area (Å²) in [4.78, 5) is 15.2. The number of urea groups is 1. The van der Waals surface area contributed by atoms with E-state index in [0.717, 1.165) is 22.5 Å². The molecule has 4 rings (SSSR count). The van der Waals surface area contributed by atoms with Crippen LogP contribution in [0.2, 0.25) is 0 Å². The summed E-state index contributed by atoms with van der Waals surface area (Å²) in [6.07, 6.45) is 7.03. The number of thioether (sulfide) groups is 1. The topological polar surface area (TPSA) is 82.0 Å². The number of benzene rings is 1. The van der Waals surface area contributed by atoms with Crippen molar-refractivity contribution in [3.8, 4) is 0 Å². The quantitative estimate of drug-likeness (QED) is 0.595. The number of hydrogen-bond donors (Lipinski definition) is 3. The van der Waals surface area contributed by atoms with Gasteiger partial charge in [-0.2, -0.15) is 0 Å². The molecule has 0 radical (unpaired) electrons. The molecule has 1 saturated heterocycles. The molecular formula is C22H28N2O4S. The molecule has 2 amide bonds. The van der Waals surface area contributed by atoms with Gasteiger partial charge in [-0.05, 0) is 30.0 Å². The number of ether oxygens (including phenoxy) is 1. The van der Waals surface area contributed by atoms with Gasteiger partial charge in [0.05, 0.1) is 12.7 Å². The van der Waals surface area contributed by atoms with Crippen LogP contribution in [-0.4, -0.2) is 51.6 Å². The maximum absolute atomic E-state index is 12.5. The highest BCUT2D eigenvalue weighted by Gasteiger charge is 2.41. The molecule has 0 aliphatic carbocycles. The molecule has 0 bridgehead atoms. The molecule has 0 aromatic heterocycles. The number of aryl methyl sites for hydroxylation is 1. The van der Waals surface area contributed by atoms with Crippen molar-refractivity contribution in [2.45, 2.75) is 62.8 Å². The standard InChI is InChI=1S/C22H28N2O4S/c1-2-3-4-5-14-6-8-15(9-7-14)19-10-16-12-24(22(27)23-21(16)29-19)20-11-17(26)18(13-25)28-20/h6-10,12,17-18,20-21,25-26H,2-5,11,13H2,1H3,(H,23,27)/t17-,18+,20+,21?/m0/s1. The van der Waals surface area contributed by atoms with E-state index in [2.05, 4.69) is 42.6 Å². The lowest BCUT2D eigenvalue weighted by atomic mass is 10.0. The Morgan fingerprint density at radius 1 is 1.28 bits per heavy atom. The SMILES string of the molecule is CCCCCc1ccc(C2=CC3=CN([C@H]4C[C@H](O)[C@@H](CO)O4)C(=O)NC3S2)cc1. The number of aliphatic hydroxyl groups excluding tert-OH is 2. The second-order valence-electron chi connectivity index (χ2n) is 7.76. The number of nitrogens with zero attached hydrogens (tertiary/aromatic N) is 1. The molecule has 3 N–H and O–H groups in total. The van der Waals surface area contributed by atoms with Crippen LogP contribution in [0.15, 0.2) is 42.1 Å². The van der Waals surface area contributed by atoms with Crippen LogP contribution in [0.1, 0.15) is 43.7 Å². The molecule has 1 aromatic carbocycles. The third-order valence-electron chi connectivity index (χ3n) is 5.62. The predicted octanol–water partition coefficient (Wildman–Crippen LogP) is 3.21. The third kappa shape index (κ3) is 4.38. The summed E-state index contributed by atoms with van der Waals surface area (Å²) in [6, 6.07) is 8.44. The fraction of sp³-hybridized carbons (Fsp3) is 0.500. The first-order valence-corrected chi connectivity index (χ1v) is 11.2. The molecule has 29 heavy (non-hydrogen) atoms. The van der Waals surface area contributed by atoms with Crippen molar-refractivity contribution in [2.75, 3.05) is 6.61 Å². The zero-order valence-corrected chi connectivity index (χ0v) is 17.4. The average Bonchev–Trinajstić information content (AvgIpc) is 3.30. The summed E-state index contributed by atoms with van der Waals surface area (Å²) in [6.45, 7) is 1.95. The van der Waals surface area contributed by atoms with Crippen LogP contribution in [0.25, 0.3) is 4.91 Å². The number of unbranched alkanes of at least 4 members (excludes halogenated alkanes) is 2. The van der Waals surface area contributed by atoms with E-state index >= 15 is 0 Å². The van der Waals surface area contributed by atoms with Gasteiger partial charge in [0.15, 0.2) is 0 Å². The summed E-state index contributed by atoms with van der Waals surface area (Å²) < 4.78 is 5.64. The monoisotopic (exact) mass is 416 g/mol. The maximum Gasteiger partial charge on any atom is 0.324 e. The lowest BCUT2D eigenvalue weighted by Crippen LogP contribution is -2.49. The van der Waals surface area contributed by atoms with Crippen molar-refractivity contribution in [2.24, 2.45) is 0 Å². The van der Waals surface area contributed by atoms with E-state index in [1.54, 1.807) is 18.0 Å². The van der Waals surface area contributed by atoms with E-state index in [0.29, 0.717) is 0 Å². The molecular weight excluding hydrogens is 388 g/mol. The van der Waals surface area contributed by atoms with E-state index in [9.17, 15) is 15.0 Å². The minimum atomic E-state index is -0.770. The van der Waals surface area contributed by atoms with Crippen LogP contribution in [0, 0.1) is 0 Å². The Morgan fingerprint density at radius 2 is 2.07 bits per heavy atom. The second-order valence-corrected chi connectivity index (χ2v) is 8.91. The van der Waals surface area contributed by atoms with Gasteiger partial charge in [-0.25, -0.2) is 4.79 Å². The molecule has 7 heteroatoms. The van der Waals surface area contributed by atoms with Crippen molar-refractivity contribution in [3.05, 3.63) is 53.2 Å². The summed E-state index contributed by atoms with van der Waals surface area (Å²) in [5.74, 6) is 0. The van der Waals surface area contributed by atoms with Gasteiger partial charge in [0.1, 0.15) is 17.7 Å². The Labute approximate surface area is 175 Å². The highest BCUT2D eigenvalue weighted by molar-refractivity contribution is 8.09.